The fourth-order valence-electron chi connectivity index (χ4n) is 6.31. The Balaban J connectivity index is 3.17. The smallest absolute Gasteiger partial charge is 0.305 e. The number of hydrogen-bond donors (Lipinski definition) is 0. The van der Waals surface area contributed by atoms with Gasteiger partial charge in [0.05, 0.1) is 6.61 Å². The van der Waals surface area contributed by atoms with E-state index in [0.717, 1.165) is 12.8 Å². The summed E-state index contributed by atoms with van der Waals surface area (Å²) in [6.07, 6.45) is 53.0. The van der Waals surface area contributed by atoms with Crippen LogP contribution >= 0.6 is 0 Å². The van der Waals surface area contributed by atoms with Crippen LogP contribution in [0.2, 0.25) is 0 Å². The van der Waals surface area contributed by atoms with Crippen molar-refractivity contribution in [1.82, 2.24) is 0 Å². The van der Waals surface area contributed by atoms with Crippen molar-refractivity contribution in [2.45, 2.75) is 245 Å². The minimum atomic E-state index is 0.0237. The van der Waals surface area contributed by atoms with E-state index in [-0.39, 0.29) is 5.97 Å². The van der Waals surface area contributed by atoms with Gasteiger partial charge in [-0.25, -0.2) is 0 Å². The van der Waals surface area contributed by atoms with Gasteiger partial charge in [-0.1, -0.05) is 212 Å². The number of rotatable bonds is 38. The highest BCUT2D eigenvalue weighted by Gasteiger charge is 2.03. The second kappa shape index (κ2) is 40.2. The van der Waals surface area contributed by atoms with Crippen molar-refractivity contribution < 1.29 is 9.53 Å². The molecule has 0 saturated carbocycles. The average molecular weight is 619 g/mol. The first-order valence-corrected chi connectivity index (χ1v) is 20.6. The third-order valence-corrected chi connectivity index (χ3v) is 9.40. The van der Waals surface area contributed by atoms with Crippen molar-refractivity contribution in [2.75, 3.05) is 6.61 Å². The van der Waals surface area contributed by atoms with Crippen LogP contribution in [-0.2, 0) is 9.53 Å². The summed E-state index contributed by atoms with van der Waals surface area (Å²) in [4.78, 5) is 12.0. The number of carbonyl (C=O) groups is 1. The summed E-state index contributed by atoms with van der Waals surface area (Å²) in [5.74, 6) is 0.0237. The largest absolute Gasteiger partial charge is 0.466 e. The maximum absolute atomic E-state index is 12.0. The van der Waals surface area contributed by atoms with Gasteiger partial charge in [0.15, 0.2) is 0 Å². The molecule has 0 aliphatic heterocycles. The Morgan fingerprint density at radius 2 is 0.636 bits per heavy atom. The first-order valence-electron chi connectivity index (χ1n) is 20.6. The van der Waals surface area contributed by atoms with Crippen LogP contribution in [0, 0.1) is 0 Å². The summed E-state index contributed by atoms with van der Waals surface area (Å²) in [7, 11) is 0. The monoisotopic (exact) mass is 619 g/mol. The Morgan fingerprint density at radius 1 is 0.364 bits per heavy atom. The van der Waals surface area contributed by atoms with E-state index < -0.39 is 0 Å². The summed E-state index contributed by atoms with van der Waals surface area (Å²) in [6.45, 7) is 5.21. The average Bonchev–Trinajstić information content (AvgIpc) is 3.03. The zero-order valence-corrected chi connectivity index (χ0v) is 30.6. The summed E-state index contributed by atoms with van der Waals surface area (Å²) < 4.78 is 5.46. The fraction of sp³-hybridized carbons (Fsp3) is 0.929. The highest BCUT2D eigenvalue weighted by Crippen LogP contribution is 2.15. The molecule has 0 fully saturated rings. The molecule has 0 amide bonds. The lowest BCUT2D eigenvalue weighted by Crippen LogP contribution is -2.05. The number of unbranched alkanes of at least 4 members (excludes halogenated alkanes) is 32. The van der Waals surface area contributed by atoms with Crippen LogP contribution in [0.15, 0.2) is 12.2 Å². The maximum atomic E-state index is 12.0. The van der Waals surface area contributed by atoms with Crippen LogP contribution in [0.1, 0.15) is 245 Å². The highest BCUT2D eigenvalue weighted by atomic mass is 16.5. The molecule has 0 heterocycles. The normalized spacial score (nSPS) is 11.6. The molecule has 0 bridgehead atoms. The van der Waals surface area contributed by atoms with Crippen molar-refractivity contribution >= 4 is 5.97 Å². The van der Waals surface area contributed by atoms with Gasteiger partial charge >= 0.3 is 5.97 Å². The van der Waals surface area contributed by atoms with E-state index in [2.05, 4.69) is 26.0 Å². The van der Waals surface area contributed by atoms with E-state index in [4.69, 9.17) is 4.74 Å². The molecule has 0 aliphatic carbocycles. The lowest BCUT2D eigenvalue weighted by Gasteiger charge is -2.06. The molecule has 0 aliphatic rings. The molecule has 2 heteroatoms. The van der Waals surface area contributed by atoms with Crippen molar-refractivity contribution in [3.63, 3.8) is 0 Å². The first-order chi connectivity index (χ1) is 21.8. The molecule has 0 unspecified atom stereocenters. The minimum absolute atomic E-state index is 0.0237. The van der Waals surface area contributed by atoms with E-state index >= 15 is 0 Å². The molecular formula is C42H82O2. The zero-order chi connectivity index (χ0) is 31.9. The van der Waals surface area contributed by atoms with Gasteiger partial charge in [-0.05, 0) is 38.5 Å². The molecule has 0 rings (SSSR count). The minimum Gasteiger partial charge on any atom is -0.466 e. The van der Waals surface area contributed by atoms with Gasteiger partial charge in [-0.2, -0.15) is 0 Å². The Morgan fingerprint density at radius 3 is 0.977 bits per heavy atom. The molecule has 0 aromatic rings. The van der Waals surface area contributed by atoms with Crippen LogP contribution in [0.4, 0.5) is 0 Å². The van der Waals surface area contributed by atoms with Crippen LogP contribution in [0.3, 0.4) is 0 Å². The molecular weight excluding hydrogens is 536 g/mol. The van der Waals surface area contributed by atoms with Crippen molar-refractivity contribution in [1.29, 1.82) is 0 Å². The Labute approximate surface area is 278 Å². The Bertz CT molecular complexity index is 554. The Kier molecular flexibility index (Phi) is 39.5. The summed E-state index contributed by atoms with van der Waals surface area (Å²) in [6, 6.07) is 0. The van der Waals surface area contributed by atoms with Crippen molar-refractivity contribution in [3.8, 4) is 0 Å². The van der Waals surface area contributed by atoms with E-state index in [1.165, 1.54) is 212 Å². The van der Waals surface area contributed by atoms with E-state index in [1.807, 2.05) is 0 Å². The van der Waals surface area contributed by atoms with Gasteiger partial charge in [-0.3, -0.25) is 4.79 Å². The number of carbonyl (C=O) groups excluding carboxylic acids is 1. The molecule has 0 aromatic heterocycles. The van der Waals surface area contributed by atoms with Gasteiger partial charge < -0.3 is 4.74 Å². The highest BCUT2D eigenvalue weighted by molar-refractivity contribution is 5.69. The van der Waals surface area contributed by atoms with Gasteiger partial charge in [0, 0.05) is 6.42 Å². The van der Waals surface area contributed by atoms with Crippen LogP contribution in [0.5, 0.6) is 0 Å². The number of hydrogen-bond acceptors (Lipinski definition) is 2. The molecule has 0 atom stereocenters. The van der Waals surface area contributed by atoms with E-state index in [0.29, 0.717) is 13.0 Å². The molecule has 2 nitrogen and oxygen atoms in total. The second-order valence-corrected chi connectivity index (χ2v) is 14.0. The van der Waals surface area contributed by atoms with Gasteiger partial charge in [0.25, 0.3) is 0 Å². The Hall–Kier alpha value is -0.790. The molecule has 262 valence electrons. The number of allylic oxidation sites excluding steroid dienone is 2. The summed E-state index contributed by atoms with van der Waals surface area (Å²) in [5.41, 5.74) is 0. The van der Waals surface area contributed by atoms with Crippen LogP contribution < -0.4 is 0 Å². The molecule has 44 heavy (non-hydrogen) atoms. The SMILES string of the molecule is CCCCCCCC/C=C\CCCCCCCCCC(=O)OCCCCCCCCCCCCCCCCCCCCCC. The summed E-state index contributed by atoms with van der Waals surface area (Å²) >= 11 is 0. The molecule has 0 radical (unpaired) electrons. The van der Waals surface area contributed by atoms with Gasteiger partial charge in [-0.15, -0.1) is 0 Å². The predicted octanol–water partition coefficient (Wildman–Crippen LogP) is 15.2. The zero-order valence-electron chi connectivity index (χ0n) is 30.6. The number of esters is 1. The quantitative estimate of drug-likeness (QED) is 0.0391. The fourth-order valence-corrected chi connectivity index (χ4v) is 6.31. The van der Waals surface area contributed by atoms with Gasteiger partial charge in [0.1, 0.15) is 0 Å². The molecule has 0 spiro atoms. The van der Waals surface area contributed by atoms with E-state index in [9.17, 15) is 4.79 Å². The molecule has 0 saturated heterocycles. The topological polar surface area (TPSA) is 26.3 Å². The summed E-state index contributed by atoms with van der Waals surface area (Å²) in [5, 5.41) is 0. The third-order valence-electron chi connectivity index (χ3n) is 9.40. The first kappa shape index (κ1) is 43.2. The van der Waals surface area contributed by atoms with Crippen molar-refractivity contribution in [2.24, 2.45) is 0 Å². The van der Waals surface area contributed by atoms with Crippen molar-refractivity contribution in [3.05, 3.63) is 12.2 Å². The molecule has 0 N–H and O–H groups in total. The van der Waals surface area contributed by atoms with E-state index in [1.54, 1.807) is 0 Å². The van der Waals surface area contributed by atoms with Crippen LogP contribution in [-0.4, -0.2) is 12.6 Å². The lowest BCUT2D eigenvalue weighted by atomic mass is 10.0. The maximum Gasteiger partial charge on any atom is 0.305 e. The second-order valence-electron chi connectivity index (χ2n) is 14.0. The standard InChI is InChI=1S/C42H82O2/c1-3-5-7-9-11-13-15-17-19-21-22-23-25-27-29-31-33-35-37-39-41-44-42(43)40-38-36-34-32-30-28-26-24-20-18-16-14-12-10-8-6-4-2/h18,20H,3-17,19,21-41H2,1-2H3/b20-18-. The molecule has 0 aromatic carbocycles. The van der Waals surface area contributed by atoms with Gasteiger partial charge in [0.2, 0.25) is 0 Å². The third kappa shape index (κ3) is 39.2. The lowest BCUT2D eigenvalue weighted by molar-refractivity contribution is -0.143. The van der Waals surface area contributed by atoms with Crippen LogP contribution in [0.25, 0.3) is 0 Å². The number of ether oxygens (including phenoxy) is 1. The predicted molar refractivity (Wildman–Crippen MR) is 198 cm³/mol.